The van der Waals surface area contributed by atoms with Gasteiger partial charge in [0.2, 0.25) is 0 Å². The Kier molecular flexibility index (Phi) is 3.25. The standard InChI is InChI=1S/C10H10ClNO2/c1-7-3-4-10(12(13)14)9(5-7)8(2)6-11/h3-5H,2,6H2,1H3. The minimum Gasteiger partial charge on any atom is -0.258 e. The second kappa shape index (κ2) is 4.24. The van der Waals surface area contributed by atoms with E-state index < -0.39 is 4.92 Å². The average molecular weight is 212 g/mol. The molecule has 0 heterocycles. The van der Waals surface area contributed by atoms with E-state index >= 15 is 0 Å². The van der Waals surface area contributed by atoms with E-state index in [4.69, 9.17) is 11.6 Å². The molecule has 0 aliphatic carbocycles. The highest BCUT2D eigenvalue weighted by Gasteiger charge is 2.14. The Labute approximate surface area is 87.2 Å². The first-order valence-electron chi connectivity index (χ1n) is 4.05. The molecule has 0 radical (unpaired) electrons. The highest BCUT2D eigenvalue weighted by atomic mass is 35.5. The van der Waals surface area contributed by atoms with Crippen molar-refractivity contribution in [3.63, 3.8) is 0 Å². The summed E-state index contributed by atoms with van der Waals surface area (Å²) in [6, 6.07) is 4.90. The molecular weight excluding hydrogens is 202 g/mol. The minimum absolute atomic E-state index is 0.0567. The van der Waals surface area contributed by atoms with Gasteiger partial charge in [0.25, 0.3) is 5.69 Å². The summed E-state index contributed by atoms with van der Waals surface area (Å²) < 4.78 is 0. The Morgan fingerprint density at radius 1 is 1.64 bits per heavy atom. The highest BCUT2D eigenvalue weighted by molar-refractivity contribution is 6.23. The molecule has 0 atom stereocenters. The summed E-state index contributed by atoms with van der Waals surface area (Å²) in [5.74, 6) is 0.199. The number of nitrogens with zero attached hydrogens (tertiary/aromatic N) is 1. The molecule has 0 saturated heterocycles. The van der Waals surface area contributed by atoms with Crippen molar-refractivity contribution in [2.75, 3.05) is 5.88 Å². The Morgan fingerprint density at radius 3 is 2.79 bits per heavy atom. The molecule has 0 amide bonds. The summed E-state index contributed by atoms with van der Waals surface area (Å²) >= 11 is 5.59. The molecular formula is C10H10ClNO2. The largest absolute Gasteiger partial charge is 0.276 e. The fraction of sp³-hybridized carbons (Fsp3) is 0.200. The normalized spacial score (nSPS) is 9.86. The van der Waals surface area contributed by atoms with Crippen LogP contribution < -0.4 is 0 Å². The van der Waals surface area contributed by atoms with Gasteiger partial charge in [0.15, 0.2) is 0 Å². The first-order chi connectivity index (χ1) is 6.56. The van der Waals surface area contributed by atoms with Crippen molar-refractivity contribution in [2.24, 2.45) is 0 Å². The van der Waals surface area contributed by atoms with Crippen LogP contribution in [0.25, 0.3) is 5.57 Å². The monoisotopic (exact) mass is 211 g/mol. The van der Waals surface area contributed by atoms with Crippen LogP contribution in [0.4, 0.5) is 5.69 Å². The molecule has 0 saturated carbocycles. The number of alkyl halides is 1. The van der Waals surface area contributed by atoms with Gasteiger partial charge in [0.1, 0.15) is 0 Å². The van der Waals surface area contributed by atoms with Gasteiger partial charge >= 0.3 is 0 Å². The van der Waals surface area contributed by atoms with Crippen LogP contribution in [0.5, 0.6) is 0 Å². The highest BCUT2D eigenvalue weighted by Crippen LogP contribution is 2.26. The SMILES string of the molecule is C=C(CCl)c1cc(C)ccc1[N+](=O)[O-]. The average Bonchev–Trinajstić information content (AvgIpc) is 2.16. The quantitative estimate of drug-likeness (QED) is 0.438. The van der Waals surface area contributed by atoms with Crippen molar-refractivity contribution in [2.45, 2.75) is 6.92 Å². The van der Waals surface area contributed by atoms with Crippen LogP contribution in [0.3, 0.4) is 0 Å². The van der Waals surface area contributed by atoms with Gasteiger partial charge in [-0.3, -0.25) is 10.1 Å². The van der Waals surface area contributed by atoms with Crippen molar-refractivity contribution in [3.8, 4) is 0 Å². The van der Waals surface area contributed by atoms with Crippen LogP contribution in [0.15, 0.2) is 24.8 Å². The van der Waals surface area contributed by atoms with Gasteiger partial charge in [0, 0.05) is 11.9 Å². The lowest BCUT2D eigenvalue weighted by atomic mass is 10.0. The van der Waals surface area contributed by atoms with E-state index in [1.807, 2.05) is 6.92 Å². The number of nitro groups is 1. The van der Waals surface area contributed by atoms with Crippen LogP contribution in [0.2, 0.25) is 0 Å². The van der Waals surface area contributed by atoms with Gasteiger partial charge in [0.05, 0.1) is 10.5 Å². The molecule has 0 aliphatic heterocycles. The molecule has 0 aromatic heterocycles. The maximum absolute atomic E-state index is 10.7. The molecule has 74 valence electrons. The fourth-order valence-electron chi connectivity index (χ4n) is 1.16. The van der Waals surface area contributed by atoms with Gasteiger partial charge in [-0.2, -0.15) is 0 Å². The van der Waals surface area contributed by atoms with E-state index in [0.29, 0.717) is 11.1 Å². The second-order valence-electron chi connectivity index (χ2n) is 3.01. The number of benzene rings is 1. The number of aryl methyl sites for hydroxylation is 1. The molecule has 14 heavy (non-hydrogen) atoms. The summed E-state index contributed by atoms with van der Waals surface area (Å²) in [6.45, 7) is 5.56. The van der Waals surface area contributed by atoms with Crippen LogP contribution in [0.1, 0.15) is 11.1 Å². The summed E-state index contributed by atoms with van der Waals surface area (Å²) in [5.41, 5.74) is 2.10. The number of allylic oxidation sites excluding steroid dienone is 1. The predicted octanol–water partition coefficient (Wildman–Crippen LogP) is 3.16. The molecule has 0 aliphatic rings. The van der Waals surface area contributed by atoms with Gasteiger partial charge in [-0.05, 0) is 18.6 Å². The van der Waals surface area contributed by atoms with Crippen molar-refractivity contribution >= 4 is 22.9 Å². The lowest BCUT2D eigenvalue weighted by molar-refractivity contribution is -0.385. The first-order valence-corrected chi connectivity index (χ1v) is 4.59. The molecule has 0 spiro atoms. The van der Waals surface area contributed by atoms with E-state index in [9.17, 15) is 10.1 Å². The van der Waals surface area contributed by atoms with Crippen LogP contribution >= 0.6 is 11.6 Å². The maximum Gasteiger partial charge on any atom is 0.276 e. The van der Waals surface area contributed by atoms with E-state index in [1.54, 1.807) is 12.1 Å². The summed E-state index contributed by atoms with van der Waals surface area (Å²) in [7, 11) is 0. The fourth-order valence-corrected chi connectivity index (χ4v) is 1.31. The maximum atomic E-state index is 10.7. The van der Waals surface area contributed by atoms with E-state index in [2.05, 4.69) is 6.58 Å². The molecule has 1 aromatic rings. The van der Waals surface area contributed by atoms with E-state index in [0.717, 1.165) is 5.56 Å². The lowest BCUT2D eigenvalue weighted by Crippen LogP contribution is -1.95. The first kappa shape index (κ1) is 10.7. The zero-order chi connectivity index (χ0) is 10.7. The third kappa shape index (κ3) is 2.12. The van der Waals surface area contributed by atoms with Gasteiger partial charge in [-0.15, -0.1) is 11.6 Å². The van der Waals surface area contributed by atoms with Crippen LogP contribution in [-0.4, -0.2) is 10.8 Å². The van der Waals surface area contributed by atoms with E-state index in [1.165, 1.54) is 6.07 Å². The lowest BCUT2D eigenvalue weighted by Gasteiger charge is -2.04. The molecule has 0 bridgehead atoms. The van der Waals surface area contributed by atoms with Crippen molar-refractivity contribution in [3.05, 3.63) is 46.0 Å². The molecule has 0 fully saturated rings. The molecule has 1 rings (SSSR count). The minimum atomic E-state index is -0.424. The second-order valence-corrected chi connectivity index (χ2v) is 3.28. The van der Waals surface area contributed by atoms with Crippen molar-refractivity contribution < 1.29 is 4.92 Å². The third-order valence-corrected chi connectivity index (χ3v) is 2.21. The number of nitro benzene ring substituents is 1. The zero-order valence-electron chi connectivity index (χ0n) is 7.79. The number of halogens is 1. The van der Waals surface area contributed by atoms with Crippen LogP contribution in [0, 0.1) is 17.0 Å². The molecule has 3 nitrogen and oxygen atoms in total. The van der Waals surface area contributed by atoms with E-state index in [-0.39, 0.29) is 11.6 Å². The molecule has 4 heteroatoms. The summed E-state index contributed by atoms with van der Waals surface area (Å²) in [5, 5.41) is 10.7. The smallest absolute Gasteiger partial charge is 0.258 e. The van der Waals surface area contributed by atoms with Crippen molar-refractivity contribution in [1.82, 2.24) is 0 Å². The molecule has 0 unspecified atom stereocenters. The third-order valence-electron chi connectivity index (χ3n) is 1.89. The van der Waals surface area contributed by atoms with Crippen molar-refractivity contribution in [1.29, 1.82) is 0 Å². The van der Waals surface area contributed by atoms with Gasteiger partial charge < -0.3 is 0 Å². The molecule has 0 N–H and O–H groups in total. The summed E-state index contributed by atoms with van der Waals surface area (Å²) in [4.78, 5) is 10.3. The topological polar surface area (TPSA) is 43.1 Å². The van der Waals surface area contributed by atoms with Gasteiger partial charge in [-0.25, -0.2) is 0 Å². The Bertz CT molecular complexity index is 388. The number of rotatable bonds is 3. The predicted molar refractivity (Wildman–Crippen MR) is 57.6 cm³/mol. The Morgan fingerprint density at radius 2 is 2.29 bits per heavy atom. The number of hydrogen-bond acceptors (Lipinski definition) is 2. The number of hydrogen-bond donors (Lipinski definition) is 0. The summed E-state index contributed by atoms with van der Waals surface area (Å²) in [6.07, 6.45) is 0. The van der Waals surface area contributed by atoms with Crippen LogP contribution in [-0.2, 0) is 0 Å². The zero-order valence-corrected chi connectivity index (χ0v) is 8.54. The molecule has 1 aromatic carbocycles. The van der Waals surface area contributed by atoms with Gasteiger partial charge in [-0.1, -0.05) is 18.2 Å². The Hall–Kier alpha value is -1.35. The Balaban J connectivity index is 3.29.